The van der Waals surface area contributed by atoms with E-state index in [1.807, 2.05) is 65.3 Å². The second-order valence-corrected chi connectivity index (χ2v) is 9.18. The van der Waals surface area contributed by atoms with E-state index in [1.165, 1.54) is 0 Å². The lowest BCUT2D eigenvalue weighted by molar-refractivity contribution is -0.138. The quantitative estimate of drug-likeness (QED) is 0.820. The number of carbonyl (C=O) groups is 2. The molecule has 0 unspecified atom stereocenters. The van der Waals surface area contributed by atoms with Gasteiger partial charge in [0.05, 0.1) is 24.6 Å². The van der Waals surface area contributed by atoms with Gasteiger partial charge in [-0.2, -0.15) is 0 Å². The number of benzene rings is 2. The molecule has 0 saturated carbocycles. The molecule has 1 N–H and O–H groups in total. The third-order valence-corrected chi connectivity index (χ3v) is 6.71. The van der Waals surface area contributed by atoms with E-state index in [0.717, 1.165) is 16.8 Å². The molecule has 0 radical (unpaired) electrons. The van der Waals surface area contributed by atoms with Crippen molar-refractivity contribution >= 4 is 17.5 Å². The molecular formula is C25H29N3O3. The van der Waals surface area contributed by atoms with Crippen molar-refractivity contribution in [3.63, 3.8) is 0 Å². The monoisotopic (exact) mass is 419 g/mol. The van der Waals surface area contributed by atoms with Gasteiger partial charge in [-0.05, 0) is 38.5 Å². The van der Waals surface area contributed by atoms with Crippen LogP contribution in [0.3, 0.4) is 0 Å². The van der Waals surface area contributed by atoms with Gasteiger partial charge in [0, 0.05) is 24.7 Å². The summed E-state index contributed by atoms with van der Waals surface area (Å²) in [6.07, 6.45) is 0.823. The molecule has 3 saturated heterocycles. The van der Waals surface area contributed by atoms with Gasteiger partial charge in [0.25, 0.3) is 5.91 Å². The smallest absolute Gasteiger partial charge is 0.256 e. The lowest BCUT2D eigenvalue weighted by Gasteiger charge is -2.32. The van der Waals surface area contributed by atoms with Crippen LogP contribution in [0.25, 0.3) is 0 Å². The topological polar surface area (TPSA) is 61.9 Å². The minimum absolute atomic E-state index is 0.0323. The van der Waals surface area contributed by atoms with Crippen LogP contribution in [0.5, 0.6) is 0 Å². The lowest BCUT2D eigenvalue weighted by Crippen LogP contribution is -2.48. The number of carbonyl (C=O) groups excluding carboxylic acids is 2. The summed E-state index contributed by atoms with van der Waals surface area (Å²) in [5, 5.41) is 3.39. The molecule has 6 nitrogen and oxygen atoms in total. The Morgan fingerprint density at radius 1 is 1.19 bits per heavy atom. The predicted molar refractivity (Wildman–Crippen MR) is 119 cm³/mol. The minimum Gasteiger partial charge on any atom is -0.382 e. The molecule has 0 aromatic heterocycles. The molecule has 162 valence electrons. The summed E-state index contributed by atoms with van der Waals surface area (Å²) in [6.45, 7) is 7.24. The number of amides is 2. The first-order valence-corrected chi connectivity index (χ1v) is 11.1. The van der Waals surface area contributed by atoms with Crippen LogP contribution in [0.1, 0.15) is 54.3 Å². The fourth-order valence-corrected chi connectivity index (χ4v) is 5.34. The molecule has 3 aliphatic heterocycles. The number of anilines is 1. The van der Waals surface area contributed by atoms with Gasteiger partial charge in [-0.3, -0.25) is 9.59 Å². The Kier molecular flexibility index (Phi) is 4.77. The van der Waals surface area contributed by atoms with Gasteiger partial charge in [0.1, 0.15) is 6.10 Å². The second-order valence-electron chi connectivity index (χ2n) is 9.18. The average molecular weight is 420 g/mol. The summed E-state index contributed by atoms with van der Waals surface area (Å²) in [5.41, 5.74) is 2.90. The number of rotatable bonds is 4. The molecule has 31 heavy (non-hydrogen) atoms. The third kappa shape index (κ3) is 3.21. The highest BCUT2D eigenvalue weighted by Gasteiger charge is 2.65. The maximum atomic E-state index is 13.7. The van der Waals surface area contributed by atoms with Crippen molar-refractivity contribution < 1.29 is 14.3 Å². The molecule has 2 amide bonds. The largest absolute Gasteiger partial charge is 0.382 e. The Labute approximate surface area is 183 Å². The standard InChI is InChI=1S/C25H29N3O3/c1-16(2)26-20-10-9-17(3)13-19(20)24(30)27-12-11-25-22(27)14-23(29)28(25)15-21(31-25)18-7-5-4-6-8-18/h4-10,13,16,21-22,26H,11-12,14-15H2,1-3H3/t21-,22-,25+/m1/s1. The Morgan fingerprint density at radius 2 is 1.97 bits per heavy atom. The molecule has 6 heteroatoms. The molecule has 3 heterocycles. The zero-order valence-corrected chi connectivity index (χ0v) is 18.3. The molecule has 0 bridgehead atoms. The van der Waals surface area contributed by atoms with Gasteiger partial charge in [0.2, 0.25) is 5.91 Å². The molecule has 5 rings (SSSR count). The van der Waals surface area contributed by atoms with Crippen LogP contribution in [0.2, 0.25) is 0 Å². The minimum atomic E-state index is -0.706. The number of nitrogens with zero attached hydrogens (tertiary/aromatic N) is 2. The van der Waals surface area contributed by atoms with Crippen molar-refractivity contribution in [1.82, 2.24) is 9.80 Å². The van der Waals surface area contributed by atoms with Gasteiger partial charge < -0.3 is 19.9 Å². The normalized spacial score (nSPS) is 27.0. The van der Waals surface area contributed by atoms with Crippen molar-refractivity contribution in [2.75, 3.05) is 18.4 Å². The number of hydrogen-bond donors (Lipinski definition) is 1. The summed E-state index contributed by atoms with van der Waals surface area (Å²) in [7, 11) is 0. The van der Waals surface area contributed by atoms with E-state index in [0.29, 0.717) is 31.5 Å². The van der Waals surface area contributed by atoms with Crippen LogP contribution in [-0.4, -0.2) is 52.5 Å². The van der Waals surface area contributed by atoms with Gasteiger partial charge >= 0.3 is 0 Å². The van der Waals surface area contributed by atoms with Crippen molar-refractivity contribution in [3.05, 3.63) is 65.2 Å². The van der Waals surface area contributed by atoms with Crippen LogP contribution in [0.4, 0.5) is 5.69 Å². The zero-order chi connectivity index (χ0) is 21.8. The fourth-order valence-electron chi connectivity index (χ4n) is 5.34. The maximum Gasteiger partial charge on any atom is 0.256 e. The van der Waals surface area contributed by atoms with E-state index in [-0.39, 0.29) is 30.0 Å². The van der Waals surface area contributed by atoms with Gasteiger partial charge in [0.15, 0.2) is 5.72 Å². The van der Waals surface area contributed by atoms with Crippen molar-refractivity contribution in [3.8, 4) is 0 Å². The number of hydrogen-bond acceptors (Lipinski definition) is 4. The highest BCUT2D eigenvalue weighted by Crippen LogP contribution is 2.51. The number of likely N-dealkylation sites (tertiary alicyclic amines) is 1. The number of ether oxygens (including phenoxy) is 1. The van der Waals surface area contributed by atoms with Crippen LogP contribution in [-0.2, 0) is 9.53 Å². The third-order valence-electron chi connectivity index (χ3n) is 6.71. The summed E-state index contributed by atoms with van der Waals surface area (Å²) >= 11 is 0. The van der Waals surface area contributed by atoms with Crippen LogP contribution < -0.4 is 5.32 Å². The van der Waals surface area contributed by atoms with E-state index in [4.69, 9.17) is 4.74 Å². The van der Waals surface area contributed by atoms with E-state index in [2.05, 4.69) is 19.2 Å². The lowest BCUT2D eigenvalue weighted by atomic mass is 10.0. The average Bonchev–Trinajstić information content (AvgIpc) is 3.37. The Morgan fingerprint density at radius 3 is 2.71 bits per heavy atom. The first-order valence-electron chi connectivity index (χ1n) is 11.1. The van der Waals surface area contributed by atoms with E-state index >= 15 is 0 Å². The molecule has 2 aromatic carbocycles. The second kappa shape index (κ2) is 7.38. The molecular weight excluding hydrogens is 390 g/mol. The SMILES string of the molecule is Cc1ccc(NC(C)C)c(C(=O)N2CC[C@@]34O[C@@H](c5ccccc5)CN3C(=O)C[C@@H]24)c1. The molecule has 0 aliphatic carbocycles. The van der Waals surface area contributed by atoms with Crippen LogP contribution in [0, 0.1) is 6.92 Å². The van der Waals surface area contributed by atoms with Crippen molar-refractivity contribution in [1.29, 1.82) is 0 Å². The molecule has 1 spiro atoms. The fraction of sp³-hybridized carbons (Fsp3) is 0.440. The summed E-state index contributed by atoms with van der Waals surface area (Å²) in [4.78, 5) is 30.3. The molecule has 2 aromatic rings. The zero-order valence-electron chi connectivity index (χ0n) is 18.3. The first-order chi connectivity index (χ1) is 14.9. The van der Waals surface area contributed by atoms with Gasteiger partial charge in [-0.25, -0.2) is 0 Å². The highest BCUT2D eigenvalue weighted by atomic mass is 16.5. The predicted octanol–water partition coefficient (Wildman–Crippen LogP) is 3.73. The van der Waals surface area contributed by atoms with Crippen LogP contribution >= 0.6 is 0 Å². The molecule has 3 fully saturated rings. The molecule has 3 atom stereocenters. The number of aryl methyl sites for hydroxylation is 1. The Hall–Kier alpha value is -2.86. The number of nitrogens with one attached hydrogen (secondary N) is 1. The maximum absolute atomic E-state index is 13.7. The van der Waals surface area contributed by atoms with Gasteiger partial charge in [-0.1, -0.05) is 42.0 Å². The van der Waals surface area contributed by atoms with E-state index in [9.17, 15) is 9.59 Å². The first kappa shape index (κ1) is 20.1. The highest BCUT2D eigenvalue weighted by molar-refractivity contribution is 6.01. The van der Waals surface area contributed by atoms with Crippen LogP contribution in [0.15, 0.2) is 48.5 Å². The molecule has 3 aliphatic rings. The van der Waals surface area contributed by atoms with Crippen molar-refractivity contribution in [2.45, 2.75) is 57.5 Å². The van der Waals surface area contributed by atoms with Crippen molar-refractivity contribution in [2.24, 2.45) is 0 Å². The Bertz CT molecular complexity index is 1020. The van der Waals surface area contributed by atoms with E-state index < -0.39 is 5.72 Å². The van der Waals surface area contributed by atoms with Gasteiger partial charge in [-0.15, -0.1) is 0 Å². The Balaban J connectivity index is 1.45. The summed E-state index contributed by atoms with van der Waals surface area (Å²) < 4.78 is 6.58. The summed E-state index contributed by atoms with van der Waals surface area (Å²) in [6, 6.07) is 15.9. The van der Waals surface area contributed by atoms with E-state index in [1.54, 1.807) is 0 Å². The summed E-state index contributed by atoms with van der Waals surface area (Å²) in [5.74, 6) is 0.0424.